The summed E-state index contributed by atoms with van der Waals surface area (Å²) in [4.78, 5) is 14.9. The normalized spacial score (nSPS) is 14.2. The van der Waals surface area contributed by atoms with E-state index in [9.17, 15) is 18.7 Å². The van der Waals surface area contributed by atoms with E-state index in [0.717, 1.165) is 6.07 Å². The molecule has 0 amide bonds. The lowest BCUT2D eigenvalue weighted by Crippen LogP contribution is -2.49. The molecule has 1 N–H and O–H groups in total. The van der Waals surface area contributed by atoms with Crippen molar-refractivity contribution < 1.29 is 23.4 Å². The average molecular weight is 339 g/mol. The molecular weight excluding hydrogens is 320 g/mol. The van der Waals surface area contributed by atoms with Crippen LogP contribution in [0.25, 0.3) is 0 Å². The molecule has 2 rings (SSSR count). The number of ether oxygens (including phenoxy) is 1. The molecule has 0 aliphatic rings. The van der Waals surface area contributed by atoms with Crippen LogP contribution in [0.5, 0.6) is 0 Å². The van der Waals surface area contributed by atoms with Crippen LogP contribution in [0, 0.1) is 17.0 Å². The molecule has 0 bridgehead atoms. The Hall–Kier alpha value is -2.35. The summed E-state index contributed by atoms with van der Waals surface area (Å²) in [5.74, 6) is -2.17. The lowest BCUT2D eigenvalue weighted by atomic mass is 9.71. The first-order valence-corrected chi connectivity index (χ1v) is 7.29. The van der Waals surface area contributed by atoms with Crippen molar-refractivity contribution in [2.75, 3.05) is 6.61 Å². The number of carbonyl (C=O) groups is 1. The number of halogens is 2. The molecular formula is C16H19F2N3O3. The Kier molecular flexibility index (Phi) is 4.98. The van der Waals surface area contributed by atoms with Crippen LogP contribution in [0.4, 0.5) is 8.78 Å². The molecule has 0 saturated heterocycles. The van der Waals surface area contributed by atoms with E-state index in [0.29, 0.717) is 6.07 Å². The monoisotopic (exact) mass is 339 g/mol. The Bertz CT molecular complexity index is 719. The fourth-order valence-corrected chi connectivity index (χ4v) is 2.44. The van der Waals surface area contributed by atoms with Crippen molar-refractivity contribution in [3.8, 4) is 0 Å². The summed E-state index contributed by atoms with van der Waals surface area (Å²) in [6, 6.07) is 2.94. The van der Waals surface area contributed by atoms with Gasteiger partial charge in [-0.25, -0.2) is 18.4 Å². The van der Waals surface area contributed by atoms with Gasteiger partial charge in [-0.1, -0.05) is 19.9 Å². The van der Waals surface area contributed by atoms with Gasteiger partial charge in [-0.05, 0) is 6.07 Å². The third-order valence-electron chi connectivity index (χ3n) is 3.99. The summed E-state index contributed by atoms with van der Waals surface area (Å²) in [7, 11) is 0. The first-order valence-electron chi connectivity index (χ1n) is 7.29. The molecule has 0 radical (unpaired) electrons. The van der Waals surface area contributed by atoms with Gasteiger partial charge < -0.3 is 9.84 Å². The van der Waals surface area contributed by atoms with Gasteiger partial charge in [-0.3, -0.25) is 4.79 Å². The highest BCUT2D eigenvalue weighted by atomic mass is 19.1. The summed E-state index contributed by atoms with van der Waals surface area (Å²) >= 11 is 0. The maximum Gasteiger partial charge on any atom is 0.302 e. The first kappa shape index (κ1) is 18.0. The maximum absolute atomic E-state index is 14.4. The molecule has 0 aliphatic heterocycles. The summed E-state index contributed by atoms with van der Waals surface area (Å²) in [5, 5.41) is 15.2. The van der Waals surface area contributed by atoms with Crippen LogP contribution in [-0.2, 0) is 21.7 Å². The van der Waals surface area contributed by atoms with Crippen LogP contribution in [-0.4, -0.2) is 32.4 Å². The lowest BCUT2D eigenvalue weighted by Gasteiger charge is -2.42. The largest absolute Gasteiger partial charge is 0.465 e. The maximum atomic E-state index is 14.4. The van der Waals surface area contributed by atoms with Crippen LogP contribution < -0.4 is 0 Å². The van der Waals surface area contributed by atoms with E-state index in [1.54, 1.807) is 13.8 Å². The number of esters is 1. The predicted octanol–water partition coefficient (Wildman–Crippen LogP) is 2.03. The molecule has 1 heterocycles. The zero-order chi connectivity index (χ0) is 18.0. The molecule has 0 aliphatic carbocycles. The molecule has 2 aromatic rings. The minimum Gasteiger partial charge on any atom is -0.465 e. The van der Waals surface area contributed by atoms with Gasteiger partial charge in [0.2, 0.25) is 0 Å². The second-order valence-corrected chi connectivity index (χ2v) is 6.24. The second kappa shape index (κ2) is 6.64. The number of nitrogens with zero attached hydrogens (tertiary/aromatic N) is 3. The molecule has 1 aromatic heterocycles. The molecule has 24 heavy (non-hydrogen) atoms. The number of hydrogen-bond acceptors (Lipinski definition) is 5. The highest BCUT2D eigenvalue weighted by Crippen LogP contribution is 2.42. The minimum atomic E-state index is -1.83. The van der Waals surface area contributed by atoms with Crippen molar-refractivity contribution in [3.63, 3.8) is 0 Å². The SMILES string of the molecule is CC(=O)OCC(C)(C)C(O)(Cn1cncn1)c1ccc(F)cc1F. The second-order valence-electron chi connectivity index (χ2n) is 6.24. The fourth-order valence-electron chi connectivity index (χ4n) is 2.44. The summed E-state index contributed by atoms with van der Waals surface area (Å²) in [5.41, 5.74) is -3.03. The standard InChI is InChI=1S/C16H19F2N3O3/c1-11(22)24-8-15(2,3)16(23,7-21-10-19-9-20-21)13-5-4-12(17)6-14(13)18/h4-6,9-10,23H,7-8H2,1-3H3. The van der Waals surface area contributed by atoms with Crippen molar-refractivity contribution in [2.24, 2.45) is 5.41 Å². The van der Waals surface area contributed by atoms with Crippen LogP contribution in [0.2, 0.25) is 0 Å². The zero-order valence-electron chi connectivity index (χ0n) is 13.7. The van der Waals surface area contributed by atoms with Gasteiger partial charge in [-0.15, -0.1) is 0 Å². The lowest BCUT2D eigenvalue weighted by molar-refractivity contribution is -0.157. The Morgan fingerprint density at radius 3 is 2.62 bits per heavy atom. The van der Waals surface area contributed by atoms with Crippen molar-refractivity contribution in [1.82, 2.24) is 14.8 Å². The number of benzene rings is 1. The molecule has 0 spiro atoms. The predicted molar refractivity (Wildman–Crippen MR) is 80.7 cm³/mol. The number of aliphatic hydroxyl groups is 1. The number of aromatic nitrogens is 3. The summed E-state index contributed by atoms with van der Waals surface area (Å²) < 4.78 is 33.9. The third kappa shape index (κ3) is 3.59. The van der Waals surface area contributed by atoms with E-state index in [4.69, 9.17) is 4.74 Å². The molecule has 1 atom stereocenters. The fraction of sp³-hybridized carbons (Fsp3) is 0.438. The van der Waals surface area contributed by atoms with Gasteiger partial charge in [0.1, 0.15) is 29.9 Å². The van der Waals surface area contributed by atoms with E-state index < -0.39 is 28.6 Å². The summed E-state index contributed by atoms with van der Waals surface area (Å²) in [6.07, 6.45) is 2.65. The van der Waals surface area contributed by atoms with Crippen molar-refractivity contribution in [2.45, 2.75) is 32.9 Å². The van der Waals surface area contributed by atoms with Crippen LogP contribution in [0.3, 0.4) is 0 Å². The molecule has 0 saturated carbocycles. The molecule has 1 unspecified atom stereocenters. The van der Waals surface area contributed by atoms with Gasteiger partial charge in [0.15, 0.2) is 0 Å². The smallest absolute Gasteiger partial charge is 0.302 e. The quantitative estimate of drug-likeness (QED) is 0.815. The van der Waals surface area contributed by atoms with E-state index in [1.807, 2.05) is 0 Å². The van der Waals surface area contributed by atoms with E-state index in [1.165, 1.54) is 30.3 Å². The Morgan fingerprint density at radius 2 is 2.08 bits per heavy atom. The Balaban J connectivity index is 2.49. The van der Waals surface area contributed by atoms with Crippen molar-refractivity contribution in [3.05, 3.63) is 48.1 Å². The molecule has 130 valence electrons. The highest BCUT2D eigenvalue weighted by molar-refractivity contribution is 5.65. The van der Waals surface area contributed by atoms with Crippen molar-refractivity contribution >= 4 is 5.97 Å². The third-order valence-corrected chi connectivity index (χ3v) is 3.99. The van der Waals surface area contributed by atoms with Crippen LogP contribution >= 0.6 is 0 Å². The van der Waals surface area contributed by atoms with Gasteiger partial charge in [-0.2, -0.15) is 5.10 Å². The topological polar surface area (TPSA) is 77.2 Å². The molecule has 0 fully saturated rings. The van der Waals surface area contributed by atoms with Gasteiger partial charge >= 0.3 is 5.97 Å². The van der Waals surface area contributed by atoms with E-state index >= 15 is 0 Å². The number of carbonyl (C=O) groups excluding carboxylic acids is 1. The van der Waals surface area contributed by atoms with E-state index in [-0.39, 0.29) is 18.7 Å². The Morgan fingerprint density at radius 1 is 1.38 bits per heavy atom. The minimum absolute atomic E-state index is 0.114. The number of rotatable bonds is 6. The van der Waals surface area contributed by atoms with Gasteiger partial charge in [0.25, 0.3) is 0 Å². The van der Waals surface area contributed by atoms with Crippen molar-refractivity contribution in [1.29, 1.82) is 0 Å². The Labute approximate surface area is 138 Å². The van der Waals surface area contributed by atoms with Crippen LogP contribution in [0.15, 0.2) is 30.9 Å². The molecule has 8 heteroatoms. The molecule has 1 aromatic carbocycles. The van der Waals surface area contributed by atoms with E-state index in [2.05, 4.69) is 10.1 Å². The number of hydrogen-bond donors (Lipinski definition) is 1. The van der Waals surface area contributed by atoms with Gasteiger partial charge in [0.05, 0.1) is 13.2 Å². The summed E-state index contributed by atoms with van der Waals surface area (Å²) in [6.45, 7) is 4.17. The molecule has 6 nitrogen and oxygen atoms in total. The average Bonchev–Trinajstić information content (AvgIpc) is 2.97. The first-order chi connectivity index (χ1) is 11.2. The van der Waals surface area contributed by atoms with Gasteiger partial charge in [0, 0.05) is 24.0 Å². The highest BCUT2D eigenvalue weighted by Gasteiger charge is 2.48. The zero-order valence-corrected chi connectivity index (χ0v) is 13.7. The van der Waals surface area contributed by atoms with Crippen LogP contribution in [0.1, 0.15) is 26.3 Å².